The molecule has 0 radical (unpaired) electrons. The lowest BCUT2D eigenvalue weighted by Crippen LogP contribution is -2.39. The summed E-state index contributed by atoms with van der Waals surface area (Å²) in [5.41, 5.74) is 2.01. The summed E-state index contributed by atoms with van der Waals surface area (Å²) < 4.78 is 0. The van der Waals surface area contributed by atoms with Gasteiger partial charge in [-0.25, -0.2) is 0 Å². The van der Waals surface area contributed by atoms with E-state index in [1.165, 1.54) is 11.3 Å². The van der Waals surface area contributed by atoms with Gasteiger partial charge in [-0.2, -0.15) is 0 Å². The molecule has 1 saturated carbocycles. The Bertz CT molecular complexity index is 410. The SMILES string of the molecule is CCNC(C)c1ccc(N(C)CC2(O)CCCC2)cc1. The van der Waals surface area contributed by atoms with E-state index in [9.17, 15) is 5.11 Å². The van der Waals surface area contributed by atoms with Crippen LogP contribution in [0.4, 0.5) is 5.69 Å². The maximum absolute atomic E-state index is 10.5. The highest BCUT2D eigenvalue weighted by molar-refractivity contribution is 5.47. The number of aliphatic hydroxyl groups is 1. The summed E-state index contributed by atoms with van der Waals surface area (Å²) in [6, 6.07) is 9.05. The van der Waals surface area contributed by atoms with E-state index in [-0.39, 0.29) is 0 Å². The Morgan fingerprint density at radius 2 is 1.85 bits per heavy atom. The van der Waals surface area contributed by atoms with Crippen LogP contribution in [-0.4, -0.2) is 30.8 Å². The fourth-order valence-corrected chi connectivity index (χ4v) is 3.17. The smallest absolute Gasteiger partial charge is 0.0821 e. The molecule has 3 heteroatoms. The van der Waals surface area contributed by atoms with Gasteiger partial charge in [0.25, 0.3) is 0 Å². The number of nitrogens with one attached hydrogen (secondary N) is 1. The van der Waals surface area contributed by atoms with Gasteiger partial charge in [0, 0.05) is 25.3 Å². The van der Waals surface area contributed by atoms with Crippen LogP contribution in [0.5, 0.6) is 0 Å². The number of hydrogen-bond donors (Lipinski definition) is 2. The molecule has 112 valence electrons. The molecule has 1 unspecified atom stereocenters. The third-order valence-electron chi connectivity index (χ3n) is 4.41. The molecule has 1 aliphatic carbocycles. The highest BCUT2D eigenvalue weighted by Gasteiger charge is 2.32. The number of nitrogens with zero attached hydrogens (tertiary/aromatic N) is 1. The molecule has 3 nitrogen and oxygen atoms in total. The van der Waals surface area contributed by atoms with Gasteiger partial charge in [0.2, 0.25) is 0 Å². The molecule has 0 aromatic heterocycles. The van der Waals surface area contributed by atoms with Gasteiger partial charge < -0.3 is 15.3 Å². The minimum absolute atomic E-state index is 0.387. The lowest BCUT2D eigenvalue weighted by molar-refractivity contribution is 0.0559. The maximum atomic E-state index is 10.5. The Balaban J connectivity index is 1.98. The van der Waals surface area contributed by atoms with E-state index in [4.69, 9.17) is 0 Å². The fraction of sp³-hybridized carbons (Fsp3) is 0.647. The van der Waals surface area contributed by atoms with Crippen molar-refractivity contribution in [3.63, 3.8) is 0 Å². The van der Waals surface area contributed by atoms with E-state index in [0.717, 1.165) is 38.8 Å². The standard InChI is InChI=1S/C17H28N2O/c1-4-18-14(2)15-7-9-16(10-8-15)19(3)13-17(20)11-5-6-12-17/h7-10,14,18,20H,4-6,11-13H2,1-3H3. The first-order valence-corrected chi connectivity index (χ1v) is 7.81. The molecule has 1 aromatic rings. The molecule has 0 saturated heterocycles. The Morgan fingerprint density at radius 1 is 1.25 bits per heavy atom. The number of benzene rings is 1. The van der Waals surface area contributed by atoms with Crippen LogP contribution in [0.3, 0.4) is 0 Å². The van der Waals surface area contributed by atoms with Crippen LogP contribution < -0.4 is 10.2 Å². The molecule has 1 aromatic carbocycles. The maximum Gasteiger partial charge on any atom is 0.0821 e. The number of rotatable bonds is 6. The molecule has 1 atom stereocenters. The van der Waals surface area contributed by atoms with Gasteiger partial charge in [-0.05, 0) is 44.0 Å². The third-order valence-corrected chi connectivity index (χ3v) is 4.41. The average Bonchev–Trinajstić information content (AvgIpc) is 2.85. The Labute approximate surface area is 123 Å². The van der Waals surface area contributed by atoms with Gasteiger partial charge in [0.1, 0.15) is 0 Å². The summed E-state index contributed by atoms with van der Waals surface area (Å²) in [6.45, 7) is 6.02. The van der Waals surface area contributed by atoms with Gasteiger partial charge >= 0.3 is 0 Å². The van der Waals surface area contributed by atoms with Crippen LogP contribution in [0.1, 0.15) is 51.1 Å². The zero-order valence-corrected chi connectivity index (χ0v) is 13.0. The van der Waals surface area contributed by atoms with Gasteiger partial charge in [0.15, 0.2) is 0 Å². The Kier molecular flexibility index (Phi) is 5.06. The van der Waals surface area contributed by atoms with Crippen molar-refractivity contribution in [2.24, 2.45) is 0 Å². The van der Waals surface area contributed by atoms with Gasteiger partial charge in [-0.3, -0.25) is 0 Å². The van der Waals surface area contributed by atoms with Crippen LogP contribution in [-0.2, 0) is 0 Å². The summed E-state index contributed by atoms with van der Waals surface area (Å²) in [4.78, 5) is 2.17. The lowest BCUT2D eigenvalue weighted by atomic mass is 10.0. The molecule has 1 aliphatic rings. The molecule has 0 heterocycles. The largest absolute Gasteiger partial charge is 0.388 e. The minimum Gasteiger partial charge on any atom is -0.388 e. The predicted octanol–water partition coefficient (Wildman–Crippen LogP) is 3.10. The summed E-state index contributed by atoms with van der Waals surface area (Å²) in [6.07, 6.45) is 4.19. The van der Waals surface area contributed by atoms with E-state index < -0.39 is 5.60 Å². The van der Waals surface area contributed by atoms with Crippen LogP contribution in [0.2, 0.25) is 0 Å². The van der Waals surface area contributed by atoms with E-state index in [1.54, 1.807) is 0 Å². The quantitative estimate of drug-likeness (QED) is 0.838. The predicted molar refractivity (Wildman–Crippen MR) is 85.2 cm³/mol. The fourth-order valence-electron chi connectivity index (χ4n) is 3.17. The van der Waals surface area contributed by atoms with Crippen molar-refractivity contribution in [2.45, 2.75) is 51.2 Å². The third kappa shape index (κ3) is 3.74. The zero-order valence-electron chi connectivity index (χ0n) is 13.0. The van der Waals surface area contributed by atoms with E-state index in [1.807, 2.05) is 0 Å². The van der Waals surface area contributed by atoms with E-state index in [0.29, 0.717) is 6.04 Å². The van der Waals surface area contributed by atoms with Crippen LogP contribution >= 0.6 is 0 Å². The van der Waals surface area contributed by atoms with Gasteiger partial charge in [-0.1, -0.05) is 31.9 Å². The highest BCUT2D eigenvalue weighted by atomic mass is 16.3. The number of likely N-dealkylation sites (N-methyl/N-ethyl adjacent to an activating group) is 1. The number of anilines is 1. The summed E-state index contributed by atoms with van der Waals surface area (Å²) in [5, 5.41) is 13.9. The van der Waals surface area contributed by atoms with Gasteiger partial charge in [-0.15, -0.1) is 0 Å². The second kappa shape index (κ2) is 6.59. The normalized spacial score (nSPS) is 19.0. The summed E-state index contributed by atoms with van der Waals surface area (Å²) >= 11 is 0. The molecule has 2 rings (SSSR count). The monoisotopic (exact) mass is 276 g/mol. The molecule has 1 fully saturated rings. The van der Waals surface area contributed by atoms with Crippen molar-refractivity contribution < 1.29 is 5.11 Å². The summed E-state index contributed by atoms with van der Waals surface area (Å²) in [7, 11) is 2.07. The molecule has 0 bridgehead atoms. The molecule has 0 aliphatic heterocycles. The van der Waals surface area contributed by atoms with Crippen LogP contribution in [0, 0.1) is 0 Å². The average molecular weight is 276 g/mol. The second-order valence-corrected chi connectivity index (χ2v) is 6.16. The van der Waals surface area contributed by atoms with Crippen molar-refractivity contribution in [1.29, 1.82) is 0 Å². The first-order valence-electron chi connectivity index (χ1n) is 7.81. The number of hydrogen-bond acceptors (Lipinski definition) is 3. The van der Waals surface area contributed by atoms with Crippen molar-refractivity contribution in [2.75, 3.05) is 25.0 Å². The first-order chi connectivity index (χ1) is 9.54. The Morgan fingerprint density at radius 3 is 2.40 bits per heavy atom. The topological polar surface area (TPSA) is 35.5 Å². The van der Waals surface area contributed by atoms with E-state index in [2.05, 4.69) is 55.4 Å². The lowest BCUT2D eigenvalue weighted by Gasteiger charge is -2.30. The zero-order chi connectivity index (χ0) is 14.6. The second-order valence-electron chi connectivity index (χ2n) is 6.16. The molecular weight excluding hydrogens is 248 g/mol. The highest BCUT2D eigenvalue weighted by Crippen LogP contribution is 2.31. The Hall–Kier alpha value is -1.06. The molecule has 2 N–H and O–H groups in total. The molecular formula is C17H28N2O. The molecule has 20 heavy (non-hydrogen) atoms. The first kappa shape index (κ1) is 15.3. The van der Waals surface area contributed by atoms with Gasteiger partial charge in [0.05, 0.1) is 5.60 Å². The van der Waals surface area contributed by atoms with Crippen LogP contribution in [0.25, 0.3) is 0 Å². The van der Waals surface area contributed by atoms with Crippen molar-refractivity contribution >= 4 is 5.69 Å². The van der Waals surface area contributed by atoms with E-state index >= 15 is 0 Å². The molecule has 0 amide bonds. The minimum atomic E-state index is -0.482. The van der Waals surface area contributed by atoms with Crippen molar-refractivity contribution in [1.82, 2.24) is 5.32 Å². The van der Waals surface area contributed by atoms with Crippen LogP contribution in [0.15, 0.2) is 24.3 Å². The summed E-state index contributed by atoms with van der Waals surface area (Å²) in [5.74, 6) is 0. The molecule has 0 spiro atoms. The van der Waals surface area contributed by atoms with Crippen molar-refractivity contribution in [3.8, 4) is 0 Å². The van der Waals surface area contributed by atoms with Crippen molar-refractivity contribution in [3.05, 3.63) is 29.8 Å².